The second-order valence-corrected chi connectivity index (χ2v) is 6.57. The highest BCUT2D eigenvalue weighted by Crippen LogP contribution is 2.31. The number of hydrogen-bond acceptors (Lipinski definition) is 6. The number of hydrogen-bond donors (Lipinski definition) is 4. The Balaban J connectivity index is 2.10. The van der Waals surface area contributed by atoms with Crippen molar-refractivity contribution in [1.29, 1.82) is 0 Å². The van der Waals surface area contributed by atoms with Gasteiger partial charge in [0.25, 0.3) is 17.0 Å². The minimum atomic E-state index is -0.529. The molecule has 1 aromatic heterocycles. The number of para-hydroxylation sites is 2. The second kappa shape index (κ2) is 7.93. The summed E-state index contributed by atoms with van der Waals surface area (Å²) in [6.07, 6.45) is 0. The fourth-order valence-electron chi connectivity index (χ4n) is 2.74. The Morgan fingerprint density at radius 2 is 1.69 bits per heavy atom. The molecule has 0 spiro atoms. The SMILES string of the molecule is CN(C)C(=O)c1cccc(Nc2c(Nc3ccccc3)c(=O)[nH]n(C)c2=O)c1O. The van der Waals surface area contributed by atoms with Crippen molar-refractivity contribution in [3.8, 4) is 5.75 Å². The number of nitrogens with zero attached hydrogens (tertiary/aromatic N) is 2. The Kier molecular flexibility index (Phi) is 5.40. The van der Waals surface area contributed by atoms with E-state index in [1.807, 2.05) is 6.07 Å². The molecule has 9 nitrogen and oxygen atoms in total. The molecule has 0 fully saturated rings. The molecule has 0 atom stereocenters. The largest absolute Gasteiger partial charge is 0.505 e. The van der Waals surface area contributed by atoms with Crippen LogP contribution in [0.1, 0.15) is 10.4 Å². The fraction of sp³-hybridized carbons (Fsp3) is 0.150. The first-order valence-corrected chi connectivity index (χ1v) is 8.75. The van der Waals surface area contributed by atoms with Crippen LogP contribution in [0.2, 0.25) is 0 Å². The van der Waals surface area contributed by atoms with E-state index >= 15 is 0 Å². The molecule has 0 radical (unpaired) electrons. The second-order valence-electron chi connectivity index (χ2n) is 6.57. The standard InChI is InChI=1S/C20H21N5O4/c1-24(2)19(28)13-10-7-11-14(17(13)26)22-16-15(18(27)23-25(3)20(16)29)21-12-8-5-4-6-9-12/h4-11,21-22,26H,1-3H3,(H,23,27). The topological polar surface area (TPSA) is 119 Å². The van der Waals surface area contributed by atoms with Crippen LogP contribution in [0.4, 0.5) is 22.7 Å². The van der Waals surface area contributed by atoms with Gasteiger partial charge in [-0.1, -0.05) is 24.3 Å². The van der Waals surface area contributed by atoms with Gasteiger partial charge in [-0.15, -0.1) is 0 Å². The molecule has 0 unspecified atom stereocenters. The smallest absolute Gasteiger partial charge is 0.290 e. The number of carbonyl (C=O) groups is 1. The minimum absolute atomic E-state index is 0.0111. The van der Waals surface area contributed by atoms with Crippen LogP contribution in [0.3, 0.4) is 0 Å². The predicted molar refractivity (Wildman–Crippen MR) is 111 cm³/mol. The monoisotopic (exact) mass is 395 g/mol. The normalized spacial score (nSPS) is 10.4. The van der Waals surface area contributed by atoms with E-state index in [1.54, 1.807) is 44.4 Å². The summed E-state index contributed by atoms with van der Waals surface area (Å²) in [6, 6.07) is 13.4. The number of anilines is 4. The van der Waals surface area contributed by atoms with Crippen LogP contribution in [-0.4, -0.2) is 39.8 Å². The molecule has 150 valence electrons. The molecule has 29 heavy (non-hydrogen) atoms. The summed E-state index contributed by atoms with van der Waals surface area (Å²) < 4.78 is 1.03. The van der Waals surface area contributed by atoms with Crippen LogP contribution in [0.25, 0.3) is 0 Å². The van der Waals surface area contributed by atoms with E-state index in [4.69, 9.17) is 0 Å². The molecule has 1 heterocycles. The van der Waals surface area contributed by atoms with E-state index in [0.717, 1.165) is 4.68 Å². The zero-order valence-electron chi connectivity index (χ0n) is 16.2. The number of carbonyl (C=O) groups excluding carboxylic acids is 1. The molecule has 1 amide bonds. The van der Waals surface area contributed by atoms with Gasteiger partial charge in [-0.05, 0) is 24.3 Å². The van der Waals surface area contributed by atoms with E-state index in [9.17, 15) is 19.5 Å². The summed E-state index contributed by atoms with van der Waals surface area (Å²) in [4.78, 5) is 38.8. The Morgan fingerprint density at radius 1 is 1.00 bits per heavy atom. The number of phenols is 1. The first-order chi connectivity index (χ1) is 13.8. The van der Waals surface area contributed by atoms with Gasteiger partial charge in [0.15, 0.2) is 5.75 Å². The lowest BCUT2D eigenvalue weighted by molar-refractivity contribution is 0.0824. The number of H-pyrrole nitrogens is 1. The molecule has 3 aromatic rings. The van der Waals surface area contributed by atoms with Gasteiger partial charge in [0.2, 0.25) is 0 Å². The van der Waals surface area contributed by atoms with Crippen molar-refractivity contribution in [2.45, 2.75) is 0 Å². The van der Waals surface area contributed by atoms with Gasteiger partial charge >= 0.3 is 0 Å². The molecule has 0 saturated carbocycles. The third-order valence-corrected chi connectivity index (χ3v) is 4.24. The van der Waals surface area contributed by atoms with Crippen molar-refractivity contribution in [3.05, 3.63) is 74.8 Å². The molecule has 4 N–H and O–H groups in total. The number of aromatic nitrogens is 2. The highest BCUT2D eigenvalue weighted by molar-refractivity contribution is 5.98. The molecule has 0 bridgehead atoms. The maximum absolute atomic E-state index is 12.7. The molecule has 3 rings (SSSR count). The number of rotatable bonds is 5. The van der Waals surface area contributed by atoms with Gasteiger partial charge in [0, 0.05) is 26.8 Å². The molecule has 2 aromatic carbocycles. The summed E-state index contributed by atoms with van der Waals surface area (Å²) in [5.74, 6) is -0.716. The Labute approximate surface area is 166 Å². The number of aryl methyl sites for hydroxylation is 1. The van der Waals surface area contributed by atoms with Crippen LogP contribution in [0, 0.1) is 0 Å². The fourth-order valence-corrected chi connectivity index (χ4v) is 2.74. The van der Waals surface area contributed by atoms with Crippen molar-refractivity contribution in [3.63, 3.8) is 0 Å². The number of aromatic hydroxyl groups is 1. The molecule has 0 aliphatic carbocycles. The van der Waals surface area contributed by atoms with Crippen LogP contribution >= 0.6 is 0 Å². The average Bonchev–Trinajstić information content (AvgIpc) is 2.70. The van der Waals surface area contributed by atoms with E-state index in [1.165, 1.54) is 24.1 Å². The third-order valence-electron chi connectivity index (χ3n) is 4.24. The van der Waals surface area contributed by atoms with Crippen molar-refractivity contribution in [2.24, 2.45) is 7.05 Å². The van der Waals surface area contributed by atoms with E-state index in [2.05, 4.69) is 15.7 Å². The van der Waals surface area contributed by atoms with Crippen LogP contribution in [-0.2, 0) is 7.05 Å². The number of benzene rings is 2. The number of nitrogens with one attached hydrogen (secondary N) is 3. The summed E-state index contributed by atoms with van der Waals surface area (Å²) in [6.45, 7) is 0. The number of phenolic OH excluding ortho intramolecular Hbond substituents is 1. The quantitative estimate of drug-likeness (QED) is 0.491. The van der Waals surface area contributed by atoms with Gasteiger partial charge < -0.3 is 20.6 Å². The van der Waals surface area contributed by atoms with Crippen LogP contribution in [0.15, 0.2) is 58.1 Å². The predicted octanol–water partition coefficient (Wildman–Crippen LogP) is 1.97. The molecule has 9 heteroatoms. The summed E-state index contributed by atoms with van der Waals surface area (Å²) in [5.41, 5.74) is -0.330. The minimum Gasteiger partial charge on any atom is -0.505 e. The van der Waals surface area contributed by atoms with Gasteiger partial charge in [-0.25, -0.2) is 0 Å². The lowest BCUT2D eigenvalue weighted by Crippen LogP contribution is -2.31. The maximum Gasteiger partial charge on any atom is 0.290 e. The van der Waals surface area contributed by atoms with Crippen molar-refractivity contribution >= 4 is 28.7 Å². The molecule has 0 aliphatic heterocycles. The van der Waals surface area contributed by atoms with E-state index < -0.39 is 17.0 Å². The van der Waals surface area contributed by atoms with Gasteiger partial charge in [0.05, 0.1) is 11.3 Å². The summed E-state index contributed by atoms with van der Waals surface area (Å²) in [7, 11) is 4.54. The Hall–Kier alpha value is -4.01. The Morgan fingerprint density at radius 3 is 2.34 bits per heavy atom. The van der Waals surface area contributed by atoms with E-state index in [0.29, 0.717) is 5.69 Å². The summed E-state index contributed by atoms with van der Waals surface area (Å²) in [5, 5.41) is 18.7. The maximum atomic E-state index is 12.7. The highest BCUT2D eigenvalue weighted by atomic mass is 16.3. The van der Waals surface area contributed by atoms with Gasteiger partial charge in [-0.2, -0.15) is 0 Å². The van der Waals surface area contributed by atoms with Gasteiger partial charge in [-0.3, -0.25) is 24.2 Å². The first kappa shape index (κ1) is 19.7. The van der Waals surface area contributed by atoms with Crippen LogP contribution in [0.5, 0.6) is 5.75 Å². The van der Waals surface area contributed by atoms with Crippen molar-refractivity contribution < 1.29 is 9.90 Å². The molecule has 0 saturated heterocycles. The lowest BCUT2D eigenvalue weighted by atomic mass is 10.1. The molecule has 0 aliphatic rings. The van der Waals surface area contributed by atoms with Gasteiger partial charge in [0.1, 0.15) is 11.4 Å². The van der Waals surface area contributed by atoms with Crippen molar-refractivity contribution in [1.82, 2.24) is 14.7 Å². The van der Waals surface area contributed by atoms with E-state index in [-0.39, 0.29) is 28.4 Å². The van der Waals surface area contributed by atoms with Crippen LogP contribution < -0.4 is 21.8 Å². The first-order valence-electron chi connectivity index (χ1n) is 8.75. The Bertz CT molecular complexity index is 1170. The summed E-state index contributed by atoms with van der Waals surface area (Å²) >= 11 is 0. The third kappa shape index (κ3) is 3.98. The molecular formula is C20H21N5O4. The average molecular weight is 395 g/mol. The number of amides is 1. The zero-order chi connectivity index (χ0) is 21.1. The molecular weight excluding hydrogens is 374 g/mol. The number of aromatic amines is 1. The zero-order valence-corrected chi connectivity index (χ0v) is 16.2. The highest BCUT2D eigenvalue weighted by Gasteiger charge is 2.19. The lowest BCUT2D eigenvalue weighted by Gasteiger charge is -2.17. The van der Waals surface area contributed by atoms with Crippen molar-refractivity contribution in [2.75, 3.05) is 24.7 Å².